The summed E-state index contributed by atoms with van der Waals surface area (Å²) in [5, 5.41) is 6.73. The van der Waals surface area contributed by atoms with E-state index in [0.717, 1.165) is 24.5 Å². The van der Waals surface area contributed by atoms with Crippen molar-refractivity contribution >= 4 is 23.2 Å². The summed E-state index contributed by atoms with van der Waals surface area (Å²) in [7, 11) is 1.62. The molecule has 1 aliphatic heterocycles. The van der Waals surface area contributed by atoms with Gasteiger partial charge in [-0.1, -0.05) is 12.1 Å². The zero-order valence-corrected chi connectivity index (χ0v) is 16.4. The molecule has 0 aromatic heterocycles. The maximum absolute atomic E-state index is 14.4. The number of nitrogens with zero attached hydrogens (tertiary/aromatic N) is 1. The number of rotatable bonds is 5. The lowest BCUT2D eigenvalue weighted by Gasteiger charge is -2.30. The first-order valence-corrected chi connectivity index (χ1v) is 9.39. The van der Waals surface area contributed by atoms with Crippen molar-refractivity contribution in [1.29, 1.82) is 0 Å². The van der Waals surface area contributed by atoms with E-state index in [2.05, 4.69) is 10.6 Å². The van der Waals surface area contributed by atoms with E-state index in [-0.39, 0.29) is 17.5 Å². The standard InChI is InChI=1S/C21H24FN3O4/c1-14-4-3-5-15(12-14)23-20(26)21(27)24-16-6-7-19(18(22)13-16)29-17-8-10-25(28-2)11-9-17/h3-7,12-13,17H,8-11H2,1-2H3,(H,23,26)(H,24,27). The molecule has 0 unspecified atom stereocenters. The summed E-state index contributed by atoms with van der Waals surface area (Å²) >= 11 is 0. The molecule has 0 bridgehead atoms. The Morgan fingerprint density at radius 1 is 1.03 bits per heavy atom. The SMILES string of the molecule is CON1CCC(Oc2ccc(NC(=O)C(=O)Nc3cccc(C)c3)cc2F)CC1. The predicted molar refractivity (Wildman–Crippen MR) is 107 cm³/mol. The zero-order valence-electron chi connectivity index (χ0n) is 16.4. The van der Waals surface area contributed by atoms with Crippen molar-refractivity contribution in [2.75, 3.05) is 30.8 Å². The first-order chi connectivity index (χ1) is 13.9. The van der Waals surface area contributed by atoms with Crippen LogP contribution in [0.2, 0.25) is 0 Å². The lowest BCUT2D eigenvalue weighted by atomic mass is 10.1. The van der Waals surface area contributed by atoms with Crippen LogP contribution in [-0.4, -0.2) is 43.2 Å². The fourth-order valence-electron chi connectivity index (χ4n) is 3.08. The average Bonchev–Trinajstić information content (AvgIpc) is 2.70. The Bertz CT molecular complexity index is 882. The molecule has 0 radical (unpaired) electrons. The molecule has 0 atom stereocenters. The minimum absolute atomic E-state index is 0.101. The molecule has 0 aliphatic carbocycles. The van der Waals surface area contributed by atoms with Gasteiger partial charge in [0, 0.05) is 30.5 Å². The van der Waals surface area contributed by atoms with E-state index in [4.69, 9.17) is 9.57 Å². The maximum atomic E-state index is 14.4. The number of aryl methyl sites for hydroxylation is 1. The van der Waals surface area contributed by atoms with Gasteiger partial charge in [0.05, 0.1) is 7.11 Å². The number of benzene rings is 2. The van der Waals surface area contributed by atoms with Crippen molar-refractivity contribution < 1.29 is 23.6 Å². The zero-order chi connectivity index (χ0) is 20.8. The van der Waals surface area contributed by atoms with Crippen LogP contribution < -0.4 is 15.4 Å². The molecular weight excluding hydrogens is 377 g/mol. The van der Waals surface area contributed by atoms with Gasteiger partial charge in [-0.2, -0.15) is 5.06 Å². The molecule has 2 N–H and O–H groups in total. The number of nitrogens with one attached hydrogen (secondary N) is 2. The Labute approximate surface area is 168 Å². The van der Waals surface area contributed by atoms with Crippen LogP contribution in [0, 0.1) is 12.7 Å². The second-order valence-electron chi connectivity index (χ2n) is 6.85. The molecule has 3 rings (SSSR count). The van der Waals surface area contributed by atoms with Gasteiger partial charge in [-0.05, 0) is 49.6 Å². The van der Waals surface area contributed by atoms with Gasteiger partial charge in [0.25, 0.3) is 0 Å². The number of ether oxygens (including phenoxy) is 1. The quantitative estimate of drug-likeness (QED) is 0.753. The molecule has 1 fully saturated rings. The highest BCUT2D eigenvalue weighted by molar-refractivity contribution is 6.43. The monoisotopic (exact) mass is 401 g/mol. The van der Waals surface area contributed by atoms with Crippen LogP contribution in [0.4, 0.5) is 15.8 Å². The lowest BCUT2D eigenvalue weighted by molar-refractivity contribution is -0.152. The third-order valence-electron chi connectivity index (χ3n) is 4.62. The van der Waals surface area contributed by atoms with E-state index in [9.17, 15) is 14.0 Å². The van der Waals surface area contributed by atoms with E-state index >= 15 is 0 Å². The normalized spacial score (nSPS) is 15.0. The number of piperidine rings is 1. The van der Waals surface area contributed by atoms with Gasteiger partial charge in [-0.15, -0.1) is 0 Å². The number of halogens is 1. The Kier molecular flexibility index (Phi) is 6.79. The topological polar surface area (TPSA) is 79.9 Å². The van der Waals surface area contributed by atoms with Crippen LogP contribution in [0.1, 0.15) is 18.4 Å². The van der Waals surface area contributed by atoms with Crippen LogP contribution in [-0.2, 0) is 14.4 Å². The summed E-state index contributed by atoms with van der Waals surface area (Å²) in [6.45, 7) is 3.31. The second kappa shape index (κ2) is 9.49. The molecule has 7 nitrogen and oxygen atoms in total. The summed E-state index contributed by atoms with van der Waals surface area (Å²) in [6, 6.07) is 11.2. The van der Waals surface area contributed by atoms with E-state index in [0.29, 0.717) is 18.8 Å². The molecule has 2 aromatic rings. The van der Waals surface area contributed by atoms with Gasteiger partial charge in [-0.25, -0.2) is 4.39 Å². The number of hydrogen-bond acceptors (Lipinski definition) is 5. The highest BCUT2D eigenvalue weighted by Crippen LogP contribution is 2.25. The van der Waals surface area contributed by atoms with Crippen molar-refractivity contribution in [2.24, 2.45) is 0 Å². The molecule has 0 saturated carbocycles. The summed E-state index contributed by atoms with van der Waals surface area (Å²) in [6.07, 6.45) is 1.35. The van der Waals surface area contributed by atoms with Gasteiger partial charge in [-0.3, -0.25) is 9.59 Å². The van der Waals surface area contributed by atoms with Crippen molar-refractivity contribution in [3.8, 4) is 5.75 Å². The number of hydrogen-bond donors (Lipinski definition) is 2. The maximum Gasteiger partial charge on any atom is 0.314 e. The van der Waals surface area contributed by atoms with Crippen LogP contribution >= 0.6 is 0 Å². The van der Waals surface area contributed by atoms with Crippen molar-refractivity contribution in [1.82, 2.24) is 5.06 Å². The van der Waals surface area contributed by atoms with Gasteiger partial charge < -0.3 is 20.2 Å². The number of carbonyl (C=O) groups excluding carboxylic acids is 2. The molecule has 29 heavy (non-hydrogen) atoms. The van der Waals surface area contributed by atoms with Gasteiger partial charge >= 0.3 is 11.8 Å². The fraction of sp³-hybridized carbons (Fsp3) is 0.333. The molecule has 1 aliphatic rings. The third kappa shape index (κ3) is 5.75. The third-order valence-corrected chi connectivity index (χ3v) is 4.62. The number of hydroxylamine groups is 2. The second-order valence-corrected chi connectivity index (χ2v) is 6.85. The summed E-state index contributed by atoms with van der Waals surface area (Å²) < 4.78 is 20.1. The van der Waals surface area contributed by atoms with E-state index in [1.54, 1.807) is 25.3 Å². The Morgan fingerprint density at radius 2 is 1.69 bits per heavy atom. The van der Waals surface area contributed by atoms with E-state index in [1.807, 2.05) is 18.1 Å². The highest BCUT2D eigenvalue weighted by atomic mass is 19.1. The van der Waals surface area contributed by atoms with Gasteiger partial charge in [0.2, 0.25) is 0 Å². The number of carbonyl (C=O) groups is 2. The molecule has 1 heterocycles. The Hall–Kier alpha value is -2.97. The molecule has 0 spiro atoms. The first kappa shape index (κ1) is 20.8. The summed E-state index contributed by atoms with van der Waals surface area (Å²) in [5.41, 5.74) is 1.64. The van der Waals surface area contributed by atoms with Crippen LogP contribution in [0.25, 0.3) is 0 Å². The number of anilines is 2. The molecule has 154 valence electrons. The van der Waals surface area contributed by atoms with Crippen LogP contribution in [0.15, 0.2) is 42.5 Å². The fourth-order valence-corrected chi connectivity index (χ4v) is 3.08. The van der Waals surface area contributed by atoms with Crippen LogP contribution in [0.5, 0.6) is 5.75 Å². The van der Waals surface area contributed by atoms with E-state index < -0.39 is 17.6 Å². The van der Waals surface area contributed by atoms with Gasteiger partial charge in [0.1, 0.15) is 6.10 Å². The Morgan fingerprint density at radius 3 is 2.28 bits per heavy atom. The smallest absolute Gasteiger partial charge is 0.314 e. The van der Waals surface area contributed by atoms with Crippen molar-refractivity contribution in [2.45, 2.75) is 25.9 Å². The Balaban J connectivity index is 1.55. The van der Waals surface area contributed by atoms with Crippen molar-refractivity contribution in [3.05, 3.63) is 53.8 Å². The van der Waals surface area contributed by atoms with E-state index in [1.165, 1.54) is 12.1 Å². The first-order valence-electron chi connectivity index (χ1n) is 9.39. The molecule has 2 amide bonds. The predicted octanol–water partition coefficient (Wildman–Crippen LogP) is 3.12. The molecule has 8 heteroatoms. The minimum atomic E-state index is -0.883. The summed E-state index contributed by atoms with van der Waals surface area (Å²) in [5.74, 6) is -2.20. The lowest BCUT2D eigenvalue weighted by Crippen LogP contribution is -2.37. The van der Waals surface area contributed by atoms with Crippen molar-refractivity contribution in [3.63, 3.8) is 0 Å². The van der Waals surface area contributed by atoms with Crippen LogP contribution in [0.3, 0.4) is 0 Å². The highest BCUT2D eigenvalue weighted by Gasteiger charge is 2.22. The number of amides is 2. The largest absolute Gasteiger partial charge is 0.487 e. The van der Waals surface area contributed by atoms with Gasteiger partial charge in [0.15, 0.2) is 11.6 Å². The molecule has 2 aromatic carbocycles. The average molecular weight is 401 g/mol. The minimum Gasteiger partial charge on any atom is -0.487 e. The summed E-state index contributed by atoms with van der Waals surface area (Å²) in [4.78, 5) is 29.3. The molecule has 1 saturated heterocycles. The molecular formula is C21H24FN3O4.